The molecule has 8 heteroatoms. The summed E-state index contributed by atoms with van der Waals surface area (Å²) in [5.41, 5.74) is 0.436. The van der Waals surface area contributed by atoms with E-state index in [-0.39, 0.29) is 17.4 Å². The molecule has 1 amide bonds. The quantitative estimate of drug-likeness (QED) is 0.915. The van der Waals surface area contributed by atoms with E-state index < -0.39 is 0 Å². The van der Waals surface area contributed by atoms with Crippen molar-refractivity contribution in [3.05, 3.63) is 29.3 Å². The van der Waals surface area contributed by atoms with Crippen molar-refractivity contribution in [2.45, 2.75) is 45.1 Å². The van der Waals surface area contributed by atoms with Gasteiger partial charge >= 0.3 is 0 Å². The van der Waals surface area contributed by atoms with Crippen LogP contribution in [0, 0.1) is 0 Å². The third-order valence-corrected chi connectivity index (χ3v) is 5.38. The van der Waals surface area contributed by atoms with Crippen molar-refractivity contribution in [2.75, 3.05) is 18.0 Å². The molecule has 1 aliphatic heterocycles. The Hall–Kier alpha value is -2.09. The number of anilines is 1. The molecule has 128 valence electrons. The van der Waals surface area contributed by atoms with Gasteiger partial charge in [-0.05, 0) is 18.9 Å². The molecular weight excluding hydrogens is 324 g/mol. The van der Waals surface area contributed by atoms with Crippen LogP contribution in [0.4, 0.5) is 5.13 Å². The third-order valence-electron chi connectivity index (χ3n) is 3.97. The second-order valence-corrected chi connectivity index (χ2v) is 7.93. The standard InChI is InChI=1S/C16H22N6OS/c1-16(2,3)14-20-21-15(24-14)22-8-5-11(6-9-22)19-13(23)12-4-7-17-10-18-12/h4,7,10-11H,5-6,8-9H2,1-3H3,(H,19,23). The molecule has 0 aromatic carbocycles. The molecule has 0 radical (unpaired) electrons. The van der Waals surface area contributed by atoms with Crippen LogP contribution in [0.5, 0.6) is 0 Å². The second kappa shape index (κ2) is 6.80. The zero-order chi connectivity index (χ0) is 17.2. The molecule has 1 N–H and O–H groups in total. The lowest BCUT2D eigenvalue weighted by Gasteiger charge is -2.31. The fourth-order valence-corrected chi connectivity index (χ4v) is 3.50. The predicted octanol–water partition coefficient (Wildman–Crippen LogP) is 2.02. The van der Waals surface area contributed by atoms with Crippen LogP contribution >= 0.6 is 11.3 Å². The van der Waals surface area contributed by atoms with E-state index in [1.165, 1.54) is 6.33 Å². The maximum absolute atomic E-state index is 12.1. The van der Waals surface area contributed by atoms with Crippen LogP contribution in [-0.4, -0.2) is 45.2 Å². The van der Waals surface area contributed by atoms with Gasteiger partial charge in [0.15, 0.2) is 0 Å². The van der Waals surface area contributed by atoms with Gasteiger partial charge in [0, 0.05) is 30.7 Å². The molecule has 0 bridgehead atoms. The van der Waals surface area contributed by atoms with Crippen molar-refractivity contribution >= 4 is 22.4 Å². The summed E-state index contributed by atoms with van der Waals surface area (Å²) in [4.78, 5) is 22.2. The van der Waals surface area contributed by atoms with Gasteiger partial charge in [0.25, 0.3) is 5.91 Å². The highest BCUT2D eigenvalue weighted by molar-refractivity contribution is 7.15. The molecule has 0 spiro atoms. The van der Waals surface area contributed by atoms with E-state index in [4.69, 9.17) is 0 Å². The first-order chi connectivity index (χ1) is 11.4. The van der Waals surface area contributed by atoms with E-state index in [2.05, 4.69) is 51.2 Å². The van der Waals surface area contributed by atoms with Gasteiger partial charge in [-0.2, -0.15) is 0 Å². The minimum Gasteiger partial charge on any atom is -0.348 e. The van der Waals surface area contributed by atoms with Crippen LogP contribution in [0.25, 0.3) is 0 Å². The summed E-state index contributed by atoms with van der Waals surface area (Å²) in [6, 6.07) is 1.79. The lowest BCUT2D eigenvalue weighted by atomic mass is 9.98. The van der Waals surface area contributed by atoms with Gasteiger partial charge in [0.05, 0.1) is 0 Å². The molecule has 1 saturated heterocycles. The minimum atomic E-state index is -0.137. The Morgan fingerprint density at radius 1 is 1.29 bits per heavy atom. The molecule has 2 aromatic heterocycles. The Bertz CT molecular complexity index is 688. The number of nitrogens with zero attached hydrogens (tertiary/aromatic N) is 5. The van der Waals surface area contributed by atoms with E-state index in [9.17, 15) is 4.79 Å². The van der Waals surface area contributed by atoms with Gasteiger partial charge < -0.3 is 10.2 Å². The highest BCUT2D eigenvalue weighted by atomic mass is 32.1. The molecule has 0 atom stereocenters. The smallest absolute Gasteiger partial charge is 0.270 e. The number of aromatic nitrogens is 4. The molecule has 24 heavy (non-hydrogen) atoms. The molecule has 2 aromatic rings. The Labute approximate surface area is 145 Å². The highest BCUT2D eigenvalue weighted by Gasteiger charge is 2.26. The number of nitrogens with one attached hydrogen (secondary N) is 1. The Balaban J connectivity index is 1.54. The number of hydrogen-bond acceptors (Lipinski definition) is 7. The molecule has 0 unspecified atom stereocenters. The molecule has 3 rings (SSSR count). The van der Waals surface area contributed by atoms with Gasteiger partial charge in [0.2, 0.25) is 5.13 Å². The Morgan fingerprint density at radius 2 is 2.04 bits per heavy atom. The first-order valence-corrected chi connectivity index (χ1v) is 8.91. The lowest BCUT2D eigenvalue weighted by Crippen LogP contribution is -2.44. The summed E-state index contributed by atoms with van der Waals surface area (Å²) in [7, 11) is 0. The third kappa shape index (κ3) is 3.87. The average molecular weight is 346 g/mol. The number of amides is 1. The predicted molar refractivity (Wildman–Crippen MR) is 93.3 cm³/mol. The summed E-state index contributed by atoms with van der Waals surface area (Å²) in [5, 5.41) is 13.7. The van der Waals surface area contributed by atoms with Crippen LogP contribution in [0.15, 0.2) is 18.6 Å². The largest absolute Gasteiger partial charge is 0.348 e. The van der Waals surface area contributed by atoms with Crippen molar-refractivity contribution in [1.82, 2.24) is 25.5 Å². The zero-order valence-corrected chi connectivity index (χ0v) is 15.0. The van der Waals surface area contributed by atoms with Crippen molar-refractivity contribution < 1.29 is 4.79 Å². The van der Waals surface area contributed by atoms with Crippen LogP contribution in [-0.2, 0) is 5.41 Å². The maximum atomic E-state index is 12.1. The van der Waals surface area contributed by atoms with Crippen LogP contribution in [0.2, 0.25) is 0 Å². The van der Waals surface area contributed by atoms with E-state index in [0.29, 0.717) is 5.69 Å². The normalized spacial score (nSPS) is 16.2. The number of piperidine rings is 1. The van der Waals surface area contributed by atoms with Gasteiger partial charge in [-0.25, -0.2) is 9.97 Å². The Morgan fingerprint density at radius 3 is 2.62 bits per heavy atom. The first kappa shape index (κ1) is 16.8. The topological polar surface area (TPSA) is 83.9 Å². The first-order valence-electron chi connectivity index (χ1n) is 8.09. The van der Waals surface area contributed by atoms with E-state index in [1.807, 2.05) is 0 Å². The average Bonchev–Trinajstić information content (AvgIpc) is 3.07. The van der Waals surface area contributed by atoms with E-state index >= 15 is 0 Å². The summed E-state index contributed by atoms with van der Waals surface area (Å²) < 4.78 is 0. The van der Waals surface area contributed by atoms with Crippen LogP contribution in [0.1, 0.15) is 49.1 Å². The molecule has 0 aliphatic carbocycles. The SMILES string of the molecule is CC(C)(C)c1nnc(N2CCC(NC(=O)c3ccncn3)CC2)s1. The lowest BCUT2D eigenvalue weighted by molar-refractivity contribution is 0.0926. The minimum absolute atomic E-state index is 0.0275. The fraction of sp³-hybridized carbons (Fsp3) is 0.562. The van der Waals surface area contributed by atoms with Gasteiger partial charge in [-0.15, -0.1) is 10.2 Å². The second-order valence-electron chi connectivity index (χ2n) is 6.97. The summed E-state index contributed by atoms with van der Waals surface area (Å²) in [6.07, 6.45) is 4.75. The number of hydrogen-bond donors (Lipinski definition) is 1. The van der Waals surface area contributed by atoms with Crippen LogP contribution in [0.3, 0.4) is 0 Å². The Kier molecular flexibility index (Phi) is 4.75. The number of carbonyl (C=O) groups is 1. The number of rotatable bonds is 3. The number of carbonyl (C=O) groups excluding carboxylic acids is 1. The maximum Gasteiger partial charge on any atom is 0.270 e. The summed E-state index contributed by atoms with van der Waals surface area (Å²) in [5.74, 6) is -0.137. The van der Waals surface area contributed by atoms with E-state index in [0.717, 1.165) is 36.1 Å². The highest BCUT2D eigenvalue weighted by Crippen LogP contribution is 2.31. The molecule has 1 aliphatic rings. The van der Waals surface area contributed by atoms with Crippen molar-refractivity contribution in [1.29, 1.82) is 0 Å². The van der Waals surface area contributed by atoms with Crippen molar-refractivity contribution in [3.8, 4) is 0 Å². The molecular formula is C16H22N6OS. The summed E-state index contributed by atoms with van der Waals surface area (Å²) >= 11 is 1.66. The van der Waals surface area contributed by atoms with Gasteiger partial charge in [0.1, 0.15) is 17.0 Å². The molecule has 3 heterocycles. The molecule has 1 fully saturated rings. The van der Waals surface area contributed by atoms with Gasteiger partial charge in [-0.3, -0.25) is 4.79 Å². The van der Waals surface area contributed by atoms with Crippen molar-refractivity contribution in [3.63, 3.8) is 0 Å². The van der Waals surface area contributed by atoms with Gasteiger partial charge in [-0.1, -0.05) is 32.1 Å². The fourth-order valence-electron chi connectivity index (χ4n) is 2.55. The molecule has 0 saturated carbocycles. The monoisotopic (exact) mass is 346 g/mol. The van der Waals surface area contributed by atoms with Crippen molar-refractivity contribution in [2.24, 2.45) is 0 Å². The summed E-state index contributed by atoms with van der Waals surface area (Å²) in [6.45, 7) is 8.17. The molecule has 7 nitrogen and oxygen atoms in total. The zero-order valence-electron chi connectivity index (χ0n) is 14.2. The van der Waals surface area contributed by atoms with Crippen LogP contribution < -0.4 is 10.2 Å². The van der Waals surface area contributed by atoms with E-state index in [1.54, 1.807) is 23.6 Å².